The van der Waals surface area contributed by atoms with Crippen molar-refractivity contribution in [3.63, 3.8) is 0 Å². The molecule has 3 aromatic rings. The molecule has 1 aromatic heterocycles. The maximum absolute atomic E-state index is 13.8. The molecular weight excluding hydrogens is 485 g/mol. The Labute approximate surface area is 209 Å². The molecule has 5 rings (SSSR count). The van der Waals surface area contributed by atoms with Gasteiger partial charge in [0, 0.05) is 31.9 Å². The third-order valence-electron chi connectivity index (χ3n) is 6.49. The van der Waals surface area contributed by atoms with Crippen molar-refractivity contribution in [3.8, 4) is 11.4 Å². The lowest BCUT2D eigenvalue weighted by Crippen LogP contribution is -2.50. The summed E-state index contributed by atoms with van der Waals surface area (Å²) in [6, 6.07) is 14.4. The molecule has 1 saturated heterocycles. The molecule has 2 fully saturated rings. The van der Waals surface area contributed by atoms with Gasteiger partial charge in [-0.2, -0.15) is 22.5 Å². The molecule has 0 spiro atoms. The smallest absolute Gasteiger partial charge is 0.316 e. The Kier molecular flexibility index (Phi) is 6.92. The lowest BCUT2D eigenvalue weighted by atomic mass is 10.2. The van der Waals surface area contributed by atoms with Gasteiger partial charge in [-0.1, -0.05) is 24.3 Å². The molecule has 2 aromatic carbocycles. The molecule has 0 bridgehead atoms. The molecule has 0 unspecified atom stereocenters. The Morgan fingerprint density at radius 1 is 0.972 bits per heavy atom. The van der Waals surface area contributed by atoms with Gasteiger partial charge in [0.15, 0.2) is 0 Å². The van der Waals surface area contributed by atoms with E-state index in [0.717, 1.165) is 30.4 Å². The number of hydrogen-bond acceptors (Lipinski definition) is 6. The molecule has 11 heteroatoms. The van der Waals surface area contributed by atoms with E-state index in [1.807, 2.05) is 11.0 Å². The summed E-state index contributed by atoms with van der Waals surface area (Å²) in [6.45, 7) is 1.19. The van der Waals surface area contributed by atoms with Gasteiger partial charge in [0.2, 0.25) is 5.75 Å². The number of benzene rings is 2. The van der Waals surface area contributed by atoms with E-state index in [-0.39, 0.29) is 24.9 Å². The number of piperazine rings is 1. The average molecular weight is 514 g/mol. The van der Waals surface area contributed by atoms with Crippen LogP contribution in [-0.2, 0) is 10.2 Å². The molecular formula is C25H28FN5O4S. The fourth-order valence-corrected chi connectivity index (χ4v) is 5.83. The molecule has 0 radical (unpaired) electrons. The molecule has 1 saturated carbocycles. The molecule has 2 aliphatic rings. The molecule has 2 heterocycles. The number of nitrogens with zero attached hydrogens (tertiary/aromatic N) is 4. The highest BCUT2D eigenvalue weighted by molar-refractivity contribution is 7.90. The third-order valence-corrected chi connectivity index (χ3v) is 8.03. The molecule has 9 nitrogen and oxygen atoms in total. The van der Waals surface area contributed by atoms with E-state index < -0.39 is 21.6 Å². The van der Waals surface area contributed by atoms with Crippen LogP contribution < -0.4 is 19.9 Å². The molecule has 0 atom stereocenters. The number of hydrogen-bond donors (Lipinski definition) is 1. The Morgan fingerprint density at radius 2 is 1.69 bits per heavy atom. The van der Waals surface area contributed by atoms with Crippen molar-refractivity contribution in [2.75, 3.05) is 35.8 Å². The van der Waals surface area contributed by atoms with Gasteiger partial charge < -0.3 is 9.64 Å². The maximum atomic E-state index is 13.8. The van der Waals surface area contributed by atoms with Crippen molar-refractivity contribution in [3.05, 3.63) is 77.0 Å². The molecule has 1 N–H and O–H groups in total. The van der Waals surface area contributed by atoms with Crippen LogP contribution in [0.3, 0.4) is 0 Å². The first kappa shape index (κ1) is 24.3. The van der Waals surface area contributed by atoms with Crippen molar-refractivity contribution < 1.29 is 17.5 Å². The van der Waals surface area contributed by atoms with Crippen LogP contribution in [0.4, 0.5) is 15.8 Å². The van der Waals surface area contributed by atoms with Crippen LogP contribution in [-0.4, -0.2) is 54.8 Å². The standard InChI is InChI=1S/C25H28FN5O4S/c26-19-7-6-10-21(17-19)31-25(32)24(35-22-11-4-5-12-22)23(18-27-31)29-13-15-30(16-14-29)36(33,34)28-20-8-2-1-3-9-20/h1-3,6-10,17-18,22,28H,4-5,11-16H2. The molecule has 36 heavy (non-hydrogen) atoms. The number of ether oxygens (including phenoxy) is 1. The summed E-state index contributed by atoms with van der Waals surface area (Å²) in [5, 5.41) is 4.30. The maximum Gasteiger partial charge on any atom is 0.316 e. The zero-order valence-corrected chi connectivity index (χ0v) is 20.5. The van der Waals surface area contributed by atoms with Gasteiger partial charge in [0.1, 0.15) is 11.5 Å². The Balaban J connectivity index is 1.39. The van der Waals surface area contributed by atoms with E-state index in [4.69, 9.17) is 4.74 Å². The number of aromatic nitrogens is 2. The van der Waals surface area contributed by atoms with Crippen LogP contribution in [0.15, 0.2) is 65.6 Å². The SMILES string of the molecule is O=c1c(OC2CCCC2)c(N2CCN(S(=O)(=O)Nc3ccccc3)CC2)cnn1-c1cccc(F)c1. The second kappa shape index (κ2) is 10.3. The van der Waals surface area contributed by atoms with Gasteiger partial charge in [-0.25, -0.2) is 4.39 Å². The van der Waals surface area contributed by atoms with Crippen LogP contribution in [0, 0.1) is 5.82 Å². The third kappa shape index (κ3) is 5.21. The quantitative estimate of drug-likeness (QED) is 0.521. The normalized spacial score (nSPS) is 17.3. The van der Waals surface area contributed by atoms with Gasteiger partial charge in [-0.3, -0.25) is 9.52 Å². The van der Waals surface area contributed by atoms with Crippen LogP contribution in [0.25, 0.3) is 5.69 Å². The fraction of sp³-hybridized carbons (Fsp3) is 0.360. The van der Waals surface area contributed by atoms with Gasteiger partial charge in [-0.05, 0) is 56.0 Å². The monoisotopic (exact) mass is 513 g/mol. The van der Waals surface area contributed by atoms with E-state index in [1.54, 1.807) is 36.5 Å². The lowest BCUT2D eigenvalue weighted by Gasteiger charge is -2.36. The summed E-state index contributed by atoms with van der Waals surface area (Å²) < 4.78 is 50.8. The average Bonchev–Trinajstić information content (AvgIpc) is 3.39. The highest BCUT2D eigenvalue weighted by Gasteiger charge is 2.30. The number of nitrogens with one attached hydrogen (secondary N) is 1. The minimum absolute atomic E-state index is 0.0726. The zero-order chi connectivity index (χ0) is 25.1. The number of anilines is 2. The van der Waals surface area contributed by atoms with Crippen molar-refractivity contribution in [1.29, 1.82) is 0 Å². The van der Waals surface area contributed by atoms with Crippen molar-refractivity contribution in [1.82, 2.24) is 14.1 Å². The van der Waals surface area contributed by atoms with Crippen molar-refractivity contribution >= 4 is 21.6 Å². The van der Waals surface area contributed by atoms with E-state index in [0.29, 0.717) is 30.2 Å². The minimum Gasteiger partial charge on any atom is -0.483 e. The first-order chi connectivity index (χ1) is 17.4. The highest BCUT2D eigenvalue weighted by Crippen LogP contribution is 2.30. The van der Waals surface area contributed by atoms with Gasteiger partial charge in [-0.15, -0.1) is 0 Å². The zero-order valence-electron chi connectivity index (χ0n) is 19.7. The van der Waals surface area contributed by atoms with Crippen molar-refractivity contribution in [2.45, 2.75) is 31.8 Å². The predicted octanol–water partition coefficient (Wildman–Crippen LogP) is 3.17. The Hall–Kier alpha value is -3.44. The fourth-order valence-electron chi connectivity index (χ4n) is 4.62. The largest absolute Gasteiger partial charge is 0.483 e. The van der Waals surface area contributed by atoms with Crippen LogP contribution >= 0.6 is 0 Å². The molecule has 190 valence electrons. The van der Waals surface area contributed by atoms with Crippen molar-refractivity contribution in [2.24, 2.45) is 0 Å². The summed E-state index contributed by atoms with van der Waals surface area (Å²) in [5.41, 5.74) is 0.862. The van der Waals surface area contributed by atoms with E-state index in [1.165, 1.54) is 22.5 Å². The number of para-hydroxylation sites is 1. The highest BCUT2D eigenvalue weighted by atomic mass is 32.2. The minimum atomic E-state index is -3.72. The van der Waals surface area contributed by atoms with Gasteiger partial charge >= 0.3 is 15.8 Å². The molecule has 0 amide bonds. The Bertz CT molecular complexity index is 1370. The lowest BCUT2D eigenvalue weighted by molar-refractivity contribution is 0.205. The first-order valence-electron chi connectivity index (χ1n) is 12.0. The summed E-state index contributed by atoms with van der Waals surface area (Å²) in [5.74, 6) is -0.301. The first-order valence-corrected chi connectivity index (χ1v) is 13.5. The van der Waals surface area contributed by atoms with Gasteiger partial charge in [0.05, 0.1) is 18.0 Å². The summed E-state index contributed by atoms with van der Waals surface area (Å²) in [7, 11) is -3.72. The van der Waals surface area contributed by atoms with Crippen LogP contribution in [0.1, 0.15) is 25.7 Å². The van der Waals surface area contributed by atoms with E-state index >= 15 is 0 Å². The van der Waals surface area contributed by atoms with Crippen LogP contribution in [0.5, 0.6) is 5.75 Å². The summed E-state index contributed by atoms with van der Waals surface area (Å²) in [4.78, 5) is 15.4. The number of halogens is 1. The predicted molar refractivity (Wildman–Crippen MR) is 135 cm³/mol. The van der Waals surface area contributed by atoms with E-state index in [2.05, 4.69) is 9.82 Å². The second-order valence-electron chi connectivity index (χ2n) is 8.94. The Morgan fingerprint density at radius 3 is 2.39 bits per heavy atom. The molecule has 1 aliphatic carbocycles. The molecule has 1 aliphatic heterocycles. The topological polar surface area (TPSA) is 96.8 Å². The summed E-state index contributed by atoms with van der Waals surface area (Å²) in [6.07, 6.45) is 5.26. The second-order valence-corrected chi connectivity index (χ2v) is 10.6. The van der Waals surface area contributed by atoms with E-state index in [9.17, 15) is 17.6 Å². The van der Waals surface area contributed by atoms with Crippen LogP contribution in [0.2, 0.25) is 0 Å². The number of rotatable bonds is 7. The van der Waals surface area contributed by atoms with Gasteiger partial charge in [0.25, 0.3) is 0 Å². The summed E-state index contributed by atoms with van der Waals surface area (Å²) >= 11 is 0.